The zero-order valence-corrected chi connectivity index (χ0v) is 17.0. The summed E-state index contributed by atoms with van der Waals surface area (Å²) >= 11 is 0. The first kappa shape index (κ1) is 19.6. The summed E-state index contributed by atoms with van der Waals surface area (Å²) in [5.74, 6) is 0.442. The van der Waals surface area contributed by atoms with Crippen LogP contribution in [0.25, 0.3) is 5.69 Å². The van der Waals surface area contributed by atoms with Crippen molar-refractivity contribution >= 4 is 11.8 Å². The number of hydrogen-bond acceptors (Lipinski definition) is 4. The number of hydrogen-bond donors (Lipinski definition) is 1. The zero-order valence-electron chi connectivity index (χ0n) is 17.0. The Hall–Kier alpha value is -2.67. The Morgan fingerprint density at radius 3 is 2.48 bits per heavy atom. The van der Waals surface area contributed by atoms with Crippen molar-refractivity contribution in [3.63, 3.8) is 0 Å². The monoisotopic (exact) mass is 395 g/mol. The molecule has 29 heavy (non-hydrogen) atoms. The Balaban J connectivity index is 1.33. The number of piperazine rings is 1. The van der Waals surface area contributed by atoms with Crippen LogP contribution in [0.2, 0.25) is 0 Å². The van der Waals surface area contributed by atoms with Gasteiger partial charge in [0.05, 0.1) is 11.9 Å². The number of nitrogens with zero attached hydrogens (tertiary/aromatic N) is 4. The van der Waals surface area contributed by atoms with E-state index in [4.69, 9.17) is 0 Å². The van der Waals surface area contributed by atoms with Crippen LogP contribution in [0.15, 0.2) is 36.7 Å². The van der Waals surface area contributed by atoms with Gasteiger partial charge in [-0.05, 0) is 50.1 Å². The van der Waals surface area contributed by atoms with Gasteiger partial charge in [-0.2, -0.15) is 5.10 Å². The number of benzene rings is 1. The fourth-order valence-corrected chi connectivity index (χ4v) is 3.70. The van der Waals surface area contributed by atoms with Crippen molar-refractivity contribution in [1.29, 1.82) is 0 Å². The normalized spacial score (nSPS) is 17.3. The molecule has 1 N–H and O–H groups in total. The van der Waals surface area contributed by atoms with E-state index in [0.29, 0.717) is 12.1 Å². The minimum Gasteiger partial charge on any atom is -0.352 e. The highest BCUT2D eigenvalue weighted by molar-refractivity contribution is 5.94. The van der Waals surface area contributed by atoms with E-state index < -0.39 is 0 Å². The van der Waals surface area contributed by atoms with Gasteiger partial charge in [-0.1, -0.05) is 6.92 Å². The molecule has 4 rings (SSSR count). The van der Waals surface area contributed by atoms with Crippen LogP contribution in [-0.2, 0) is 11.3 Å². The van der Waals surface area contributed by atoms with Gasteiger partial charge in [0.2, 0.25) is 5.91 Å². The molecule has 1 aliphatic heterocycles. The minimum atomic E-state index is 0.0941. The van der Waals surface area contributed by atoms with Crippen LogP contribution in [0, 0.1) is 5.92 Å². The lowest BCUT2D eigenvalue weighted by atomic mass is 10.1. The molecular weight excluding hydrogens is 366 g/mol. The van der Waals surface area contributed by atoms with Gasteiger partial charge in [-0.15, -0.1) is 0 Å². The number of aromatic nitrogens is 2. The predicted octanol–water partition coefficient (Wildman–Crippen LogP) is 2.07. The van der Waals surface area contributed by atoms with Crippen LogP contribution in [0.4, 0.5) is 0 Å². The average Bonchev–Trinajstić information content (AvgIpc) is 3.50. The SMILES string of the molecule is CCCN1CCN(C(=O)c2ccc(-n3cc(CNC(=O)C4CC4)cn3)cc2)CC1. The van der Waals surface area contributed by atoms with Crippen molar-refractivity contribution in [2.75, 3.05) is 32.7 Å². The first-order valence-corrected chi connectivity index (χ1v) is 10.6. The van der Waals surface area contributed by atoms with Crippen molar-refractivity contribution in [3.05, 3.63) is 47.8 Å². The first-order chi connectivity index (χ1) is 14.1. The third-order valence-corrected chi connectivity index (χ3v) is 5.63. The van der Waals surface area contributed by atoms with Gasteiger partial charge >= 0.3 is 0 Å². The summed E-state index contributed by atoms with van der Waals surface area (Å²) < 4.78 is 1.77. The van der Waals surface area contributed by atoms with Crippen molar-refractivity contribution in [1.82, 2.24) is 24.9 Å². The van der Waals surface area contributed by atoms with Crippen LogP contribution < -0.4 is 5.32 Å². The molecule has 1 aromatic heterocycles. The summed E-state index contributed by atoms with van der Waals surface area (Å²) in [5.41, 5.74) is 2.57. The maximum absolute atomic E-state index is 12.8. The molecule has 2 fully saturated rings. The highest BCUT2D eigenvalue weighted by Crippen LogP contribution is 2.28. The molecule has 1 aromatic carbocycles. The average molecular weight is 396 g/mol. The van der Waals surface area contributed by atoms with E-state index in [-0.39, 0.29) is 17.7 Å². The van der Waals surface area contributed by atoms with E-state index in [0.717, 1.165) is 63.2 Å². The fourth-order valence-electron chi connectivity index (χ4n) is 3.70. The van der Waals surface area contributed by atoms with E-state index in [2.05, 4.69) is 22.2 Å². The quantitative estimate of drug-likeness (QED) is 0.779. The van der Waals surface area contributed by atoms with Crippen LogP contribution in [-0.4, -0.2) is 64.1 Å². The summed E-state index contributed by atoms with van der Waals surface area (Å²) in [6, 6.07) is 7.57. The Bertz CT molecular complexity index is 848. The second-order valence-electron chi connectivity index (χ2n) is 7.97. The molecule has 2 heterocycles. The molecule has 1 aliphatic carbocycles. The lowest BCUT2D eigenvalue weighted by Crippen LogP contribution is -2.48. The van der Waals surface area contributed by atoms with E-state index in [9.17, 15) is 9.59 Å². The summed E-state index contributed by atoms with van der Waals surface area (Å²) in [6.07, 6.45) is 6.84. The second kappa shape index (κ2) is 8.78. The van der Waals surface area contributed by atoms with Gasteiger partial charge in [0.15, 0.2) is 0 Å². The summed E-state index contributed by atoms with van der Waals surface area (Å²) in [4.78, 5) is 28.9. The highest BCUT2D eigenvalue weighted by atomic mass is 16.2. The molecule has 0 unspecified atom stereocenters. The summed E-state index contributed by atoms with van der Waals surface area (Å²) in [5, 5.41) is 7.33. The Labute approximate surface area is 171 Å². The zero-order chi connectivity index (χ0) is 20.2. The molecule has 0 atom stereocenters. The lowest BCUT2D eigenvalue weighted by Gasteiger charge is -2.34. The highest BCUT2D eigenvalue weighted by Gasteiger charge is 2.29. The number of carbonyl (C=O) groups is 2. The standard InChI is InChI=1S/C22H29N5O2/c1-2-9-25-10-12-26(13-11-25)22(29)19-5-7-20(8-6-19)27-16-17(15-24-27)14-23-21(28)18-3-4-18/h5-8,15-16,18H,2-4,9-14H2,1H3,(H,23,28). The van der Waals surface area contributed by atoms with Gasteiger partial charge in [0, 0.05) is 56.0 Å². The summed E-state index contributed by atoms with van der Waals surface area (Å²) in [6.45, 7) is 7.26. The van der Waals surface area contributed by atoms with Crippen molar-refractivity contribution < 1.29 is 9.59 Å². The smallest absolute Gasteiger partial charge is 0.253 e. The third-order valence-electron chi connectivity index (χ3n) is 5.63. The van der Waals surface area contributed by atoms with E-state index in [1.807, 2.05) is 35.4 Å². The predicted molar refractivity (Wildman–Crippen MR) is 111 cm³/mol. The molecule has 1 saturated carbocycles. The largest absolute Gasteiger partial charge is 0.352 e. The third kappa shape index (κ3) is 4.85. The molecule has 154 valence electrons. The first-order valence-electron chi connectivity index (χ1n) is 10.6. The topological polar surface area (TPSA) is 70.5 Å². The molecule has 1 saturated heterocycles. The van der Waals surface area contributed by atoms with Crippen LogP contribution in [0.5, 0.6) is 0 Å². The van der Waals surface area contributed by atoms with Gasteiger partial charge in [-0.25, -0.2) is 4.68 Å². The van der Waals surface area contributed by atoms with E-state index in [1.165, 1.54) is 0 Å². The number of nitrogens with one attached hydrogen (secondary N) is 1. The van der Waals surface area contributed by atoms with Crippen LogP contribution in [0.3, 0.4) is 0 Å². The number of amides is 2. The Morgan fingerprint density at radius 2 is 1.83 bits per heavy atom. The van der Waals surface area contributed by atoms with Crippen LogP contribution in [0.1, 0.15) is 42.1 Å². The fraction of sp³-hybridized carbons (Fsp3) is 0.500. The molecule has 0 radical (unpaired) electrons. The van der Waals surface area contributed by atoms with Crippen molar-refractivity contribution in [2.45, 2.75) is 32.7 Å². The van der Waals surface area contributed by atoms with Gasteiger partial charge in [0.1, 0.15) is 0 Å². The van der Waals surface area contributed by atoms with E-state index in [1.54, 1.807) is 10.9 Å². The lowest BCUT2D eigenvalue weighted by molar-refractivity contribution is -0.122. The molecule has 0 spiro atoms. The number of carbonyl (C=O) groups excluding carboxylic acids is 2. The Kier molecular flexibility index (Phi) is 5.94. The van der Waals surface area contributed by atoms with E-state index >= 15 is 0 Å². The maximum Gasteiger partial charge on any atom is 0.253 e. The Morgan fingerprint density at radius 1 is 1.10 bits per heavy atom. The molecule has 0 bridgehead atoms. The molecule has 7 heteroatoms. The maximum atomic E-state index is 12.8. The van der Waals surface area contributed by atoms with Crippen LogP contribution >= 0.6 is 0 Å². The summed E-state index contributed by atoms with van der Waals surface area (Å²) in [7, 11) is 0. The van der Waals surface area contributed by atoms with Crippen molar-refractivity contribution in [3.8, 4) is 5.69 Å². The molecule has 2 aromatic rings. The van der Waals surface area contributed by atoms with Crippen molar-refractivity contribution in [2.24, 2.45) is 5.92 Å². The second-order valence-corrected chi connectivity index (χ2v) is 7.97. The minimum absolute atomic E-state index is 0.0941. The molecule has 2 aliphatic rings. The van der Waals surface area contributed by atoms with Gasteiger partial charge in [-0.3, -0.25) is 14.5 Å². The molecule has 2 amide bonds. The molecular formula is C22H29N5O2. The van der Waals surface area contributed by atoms with Gasteiger partial charge < -0.3 is 10.2 Å². The molecule has 7 nitrogen and oxygen atoms in total. The number of rotatable bonds is 7. The van der Waals surface area contributed by atoms with Gasteiger partial charge in [0.25, 0.3) is 5.91 Å².